The first-order chi connectivity index (χ1) is 8.02. The van der Waals surface area contributed by atoms with Gasteiger partial charge < -0.3 is 10.5 Å². The van der Waals surface area contributed by atoms with E-state index in [0.717, 1.165) is 17.7 Å². The van der Waals surface area contributed by atoms with Gasteiger partial charge in [0.25, 0.3) is 0 Å². The van der Waals surface area contributed by atoms with E-state index in [9.17, 15) is 4.79 Å². The van der Waals surface area contributed by atoms with Gasteiger partial charge in [-0.3, -0.25) is 4.79 Å². The lowest BCUT2D eigenvalue weighted by Crippen LogP contribution is -2.25. The number of carbonyl (C=O) groups excluding carboxylic acids is 1. The van der Waals surface area contributed by atoms with Crippen molar-refractivity contribution in [2.45, 2.75) is 38.2 Å². The van der Waals surface area contributed by atoms with Crippen LogP contribution in [0.15, 0.2) is 24.3 Å². The quantitative estimate of drug-likeness (QED) is 0.794. The molecule has 1 aromatic rings. The monoisotopic (exact) mass is 255 g/mol. The van der Waals surface area contributed by atoms with Gasteiger partial charge in [0, 0.05) is 0 Å². The predicted octanol–water partition coefficient (Wildman–Crippen LogP) is 2.50. The lowest BCUT2D eigenvalue weighted by Gasteiger charge is -2.13. The maximum Gasteiger partial charge on any atom is 0.235 e. The van der Waals surface area contributed by atoms with Crippen molar-refractivity contribution >= 4 is 17.5 Å². The molecule has 2 unspecified atom stereocenters. The third-order valence-corrected chi connectivity index (χ3v) is 2.90. The largest absolute Gasteiger partial charge is 0.491 e. The molecule has 17 heavy (non-hydrogen) atoms. The van der Waals surface area contributed by atoms with E-state index in [-0.39, 0.29) is 6.10 Å². The highest BCUT2D eigenvalue weighted by atomic mass is 35.5. The maximum absolute atomic E-state index is 10.9. The third-order valence-electron chi connectivity index (χ3n) is 2.53. The van der Waals surface area contributed by atoms with Crippen molar-refractivity contribution in [1.29, 1.82) is 0 Å². The number of ether oxygens (including phenoxy) is 1. The van der Waals surface area contributed by atoms with Gasteiger partial charge in [0.15, 0.2) is 0 Å². The van der Waals surface area contributed by atoms with Gasteiger partial charge >= 0.3 is 0 Å². The molecule has 1 aromatic carbocycles. The summed E-state index contributed by atoms with van der Waals surface area (Å²) < 4.78 is 5.69. The van der Waals surface area contributed by atoms with E-state index in [1.807, 2.05) is 31.2 Å². The van der Waals surface area contributed by atoms with Crippen LogP contribution >= 0.6 is 11.6 Å². The summed E-state index contributed by atoms with van der Waals surface area (Å²) >= 11 is 5.82. The van der Waals surface area contributed by atoms with Crippen molar-refractivity contribution in [2.75, 3.05) is 0 Å². The average Bonchev–Trinajstić information content (AvgIpc) is 2.29. The van der Waals surface area contributed by atoms with Crippen molar-refractivity contribution in [2.24, 2.45) is 5.73 Å². The summed E-state index contributed by atoms with van der Waals surface area (Å²) in [5, 5.41) is -0.672. The number of rotatable bonds is 6. The van der Waals surface area contributed by atoms with E-state index >= 15 is 0 Å². The number of primary amides is 1. The van der Waals surface area contributed by atoms with Crippen molar-refractivity contribution < 1.29 is 9.53 Å². The van der Waals surface area contributed by atoms with E-state index < -0.39 is 11.3 Å². The highest BCUT2D eigenvalue weighted by Gasteiger charge is 2.12. The summed E-state index contributed by atoms with van der Waals surface area (Å²) in [6.07, 6.45) is 1.55. The minimum Gasteiger partial charge on any atom is -0.491 e. The maximum atomic E-state index is 10.9. The molecule has 1 rings (SSSR count). The number of alkyl halides is 1. The molecular formula is C13H18ClNO2. The molecule has 4 heteroatoms. The van der Waals surface area contributed by atoms with E-state index in [1.54, 1.807) is 0 Å². The van der Waals surface area contributed by atoms with Crippen LogP contribution < -0.4 is 10.5 Å². The van der Waals surface area contributed by atoms with Crippen molar-refractivity contribution in [3.05, 3.63) is 29.8 Å². The Labute approximate surface area is 107 Å². The van der Waals surface area contributed by atoms with Crippen molar-refractivity contribution in [3.8, 4) is 5.75 Å². The number of hydrogen-bond donors (Lipinski definition) is 1. The zero-order chi connectivity index (χ0) is 12.8. The second kappa shape index (κ2) is 6.50. The molecule has 0 aromatic heterocycles. The minimum absolute atomic E-state index is 0.174. The van der Waals surface area contributed by atoms with Crippen LogP contribution in [0.2, 0.25) is 0 Å². The molecule has 0 aliphatic heterocycles. The van der Waals surface area contributed by atoms with Crippen LogP contribution in [-0.4, -0.2) is 17.4 Å². The fourth-order valence-electron chi connectivity index (χ4n) is 1.37. The fraction of sp³-hybridized carbons (Fsp3) is 0.462. The smallest absolute Gasteiger partial charge is 0.235 e. The number of nitrogens with two attached hydrogens (primary N) is 1. The Hall–Kier alpha value is -1.22. The molecule has 0 heterocycles. The topological polar surface area (TPSA) is 52.3 Å². The first-order valence-electron chi connectivity index (χ1n) is 5.72. The van der Waals surface area contributed by atoms with Gasteiger partial charge in [0.05, 0.1) is 6.10 Å². The molecule has 94 valence electrons. The Morgan fingerprint density at radius 3 is 2.82 bits per heavy atom. The van der Waals surface area contributed by atoms with Gasteiger partial charge in [-0.05, 0) is 37.5 Å². The first-order valence-corrected chi connectivity index (χ1v) is 6.15. The standard InChI is InChI=1S/C13H18ClNO2/c1-3-9(2)17-11-6-4-5-10(7-11)8-12(14)13(15)16/h4-7,9,12H,3,8H2,1-2H3,(H2,15,16). The van der Waals surface area contributed by atoms with Gasteiger partial charge in [-0.25, -0.2) is 0 Å². The molecule has 0 bridgehead atoms. The van der Waals surface area contributed by atoms with E-state index in [0.29, 0.717) is 6.42 Å². The Kier molecular flexibility index (Phi) is 5.29. The van der Waals surface area contributed by atoms with Gasteiger partial charge in [0.2, 0.25) is 5.91 Å². The van der Waals surface area contributed by atoms with Crippen LogP contribution in [0.4, 0.5) is 0 Å². The third kappa shape index (κ3) is 4.65. The Bertz CT molecular complexity index is 381. The normalized spacial score (nSPS) is 14.1. The summed E-state index contributed by atoms with van der Waals surface area (Å²) in [4.78, 5) is 10.9. The zero-order valence-corrected chi connectivity index (χ0v) is 10.9. The number of hydrogen-bond acceptors (Lipinski definition) is 2. The van der Waals surface area contributed by atoms with Crippen LogP contribution in [0.3, 0.4) is 0 Å². The van der Waals surface area contributed by atoms with E-state index in [1.165, 1.54) is 0 Å². The SMILES string of the molecule is CCC(C)Oc1cccc(CC(Cl)C(N)=O)c1. The second-order valence-corrected chi connectivity index (χ2v) is 4.58. The van der Waals surface area contributed by atoms with Crippen LogP contribution in [0.25, 0.3) is 0 Å². The van der Waals surface area contributed by atoms with Crippen molar-refractivity contribution in [1.82, 2.24) is 0 Å². The molecule has 0 aliphatic rings. The molecule has 2 N–H and O–H groups in total. The zero-order valence-electron chi connectivity index (χ0n) is 10.2. The van der Waals surface area contributed by atoms with Gasteiger partial charge in [-0.1, -0.05) is 19.1 Å². The average molecular weight is 256 g/mol. The van der Waals surface area contributed by atoms with Crippen LogP contribution in [0.5, 0.6) is 5.75 Å². The van der Waals surface area contributed by atoms with E-state index in [2.05, 4.69) is 6.92 Å². The number of amides is 1. The molecule has 3 nitrogen and oxygen atoms in total. The molecule has 1 amide bonds. The lowest BCUT2D eigenvalue weighted by atomic mass is 10.1. The fourth-order valence-corrected chi connectivity index (χ4v) is 1.55. The number of carbonyl (C=O) groups is 1. The number of benzene rings is 1. The Morgan fingerprint density at radius 2 is 2.24 bits per heavy atom. The van der Waals surface area contributed by atoms with Crippen LogP contribution in [-0.2, 0) is 11.2 Å². The molecule has 0 spiro atoms. The molecule has 0 saturated heterocycles. The summed E-state index contributed by atoms with van der Waals surface area (Å²) in [6.45, 7) is 4.08. The second-order valence-electron chi connectivity index (χ2n) is 4.06. The number of halogens is 1. The molecule has 0 saturated carbocycles. The summed E-state index contributed by atoms with van der Waals surface area (Å²) in [6, 6.07) is 7.58. The summed E-state index contributed by atoms with van der Waals surface area (Å²) in [5.41, 5.74) is 6.07. The molecular weight excluding hydrogens is 238 g/mol. The molecule has 0 aliphatic carbocycles. The highest BCUT2D eigenvalue weighted by molar-refractivity contribution is 6.30. The lowest BCUT2D eigenvalue weighted by molar-refractivity contribution is -0.117. The molecule has 0 fully saturated rings. The van der Waals surface area contributed by atoms with Crippen LogP contribution in [0.1, 0.15) is 25.8 Å². The van der Waals surface area contributed by atoms with E-state index in [4.69, 9.17) is 22.1 Å². The molecule has 0 radical (unpaired) electrons. The first kappa shape index (κ1) is 13.8. The van der Waals surface area contributed by atoms with Gasteiger partial charge in [0.1, 0.15) is 11.1 Å². The Balaban J connectivity index is 2.68. The van der Waals surface area contributed by atoms with Gasteiger partial charge in [-0.15, -0.1) is 11.6 Å². The van der Waals surface area contributed by atoms with Gasteiger partial charge in [-0.2, -0.15) is 0 Å². The Morgan fingerprint density at radius 1 is 1.53 bits per heavy atom. The minimum atomic E-state index is -0.672. The van der Waals surface area contributed by atoms with Crippen molar-refractivity contribution in [3.63, 3.8) is 0 Å². The van der Waals surface area contributed by atoms with Crippen LogP contribution in [0, 0.1) is 0 Å². The molecule has 2 atom stereocenters. The highest BCUT2D eigenvalue weighted by Crippen LogP contribution is 2.18. The predicted molar refractivity (Wildman–Crippen MR) is 69.4 cm³/mol. The summed E-state index contributed by atoms with van der Waals surface area (Å²) in [7, 11) is 0. The summed E-state index contributed by atoms with van der Waals surface area (Å²) in [5.74, 6) is 0.296.